The van der Waals surface area contributed by atoms with Crippen LogP contribution in [0.3, 0.4) is 0 Å². The summed E-state index contributed by atoms with van der Waals surface area (Å²) < 4.78 is 12.4. The zero-order chi connectivity index (χ0) is 52.9. The molecule has 0 unspecified atom stereocenters. The molecule has 0 saturated carbocycles. The lowest BCUT2D eigenvalue weighted by molar-refractivity contribution is 0.483. The first kappa shape index (κ1) is 46.9. The summed E-state index contributed by atoms with van der Waals surface area (Å²) in [7, 11) is 0. The van der Waals surface area contributed by atoms with Gasteiger partial charge in [0, 0.05) is 56.0 Å². The van der Waals surface area contributed by atoms with E-state index in [1.807, 2.05) is 0 Å². The maximum absolute atomic E-state index is 7.46. The minimum absolute atomic E-state index is 0.105. The number of unbranched alkanes of at least 4 members (excludes halogenated alkanes) is 1. The topological polar surface area (TPSA) is 22.3 Å². The molecule has 0 N–H and O–H groups in total. The summed E-state index contributed by atoms with van der Waals surface area (Å²) in [4.78, 5) is 2.62. The van der Waals surface area contributed by atoms with Crippen LogP contribution in [0.25, 0.3) is 88.4 Å². The van der Waals surface area contributed by atoms with Gasteiger partial charge in [0.1, 0.15) is 11.5 Å². The van der Waals surface area contributed by atoms with Crippen molar-refractivity contribution in [1.82, 2.24) is 9.13 Å². The van der Waals surface area contributed by atoms with Gasteiger partial charge in [-0.05, 0) is 152 Å². The Bertz CT molecular complexity index is 4550. The Labute approximate surface area is 462 Å². The van der Waals surface area contributed by atoms with Gasteiger partial charge in [0.25, 0.3) is 6.71 Å². The number of hydrogen-bond donors (Lipinski definition) is 0. The minimum atomic E-state index is -0.180. The number of ether oxygens (including phenoxy) is 1. The highest BCUT2D eigenvalue weighted by Gasteiger charge is 2.43. The summed E-state index contributed by atoms with van der Waals surface area (Å²) in [5, 5.41) is 4.93. The van der Waals surface area contributed by atoms with Crippen LogP contribution in [0.1, 0.15) is 51.7 Å². The molecule has 4 nitrogen and oxygen atoms in total. The molecule has 79 heavy (non-hydrogen) atoms. The summed E-state index contributed by atoms with van der Waals surface area (Å²) in [5.74, 6) is 1.80. The van der Waals surface area contributed by atoms with Crippen molar-refractivity contribution in [3.05, 3.63) is 254 Å². The molecule has 0 atom stereocenters. The third-order valence-corrected chi connectivity index (χ3v) is 16.9. The third kappa shape index (κ3) is 7.66. The molecule has 0 saturated heterocycles. The number of rotatable bonds is 9. The molecule has 378 valence electrons. The van der Waals surface area contributed by atoms with Crippen LogP contribution in [0.4, 0.5) is 17.1 Å². The van der Waals surface area contributed by atoms with Crippen molar-refractivity contribution < 1.29 is 4.74 Å². The highest BCUT2D eigenvalue weighted by molar-refractivity contribution is 6.99. The molecule has 13 aromatic rings. The van der Waals surface area contributed by atoms with Gasteiger partial charge in [0.15, 0.2) is 0 Å². The molecular weight excluding hydrogens is 958 g/mol. The van der Waals surface area contributed by atoms with Crippen molar-refractivity contribution >= 4 is 83.8 Å². The van der Waals surface area contributed by atoms with E-state index in [9.17, 15) is 0 Å². The molecular formula is C74H58BN3O. The fourth-order valence-electron chi connectivity index (χ4n) is 13.0. The van der Waals surface area contributed by atoms with Gasteiger partial charge in [-0.15, -0.1) is 0 Å². The lowest BCUT2D eigenvalue weighted by atomic mass is 9.34. The van der Waals surface area contributed by atoms with Crippen molar-refractivity contribution in [2.75, 3.05) is 4.90 Å². The Kier molecular flexibility index (Phi) is 10.9. The molecule has 0 aliphatic carbocycles. The lowest BCUT2D eigenvalue weighted by Gasteiger charge is -2.42. The number of aromatic nitrogens is 2. The Hall–Kier alpha value is -9.32. The van der Waals surface area contributed by atoms with Crippen molar-refractivity contribution in [1.29, 1.82) is 0 Å². The predicted molar refractivity (Wildman–Crippen MR) is 335 cm³/mol. The molecule has 0 bridgehead atoms. The Morgan fingerprint density at radius 1 is 0.392 bits per heavy atom. The fraction of sp³-hybridized carbons (Fsp3) is 0.108. The highest BCUT2D eigenvalue weighted by atomic mass is 16.5. The summed E-state index contributed by atoms with van der Waals surface area (Å²) in [6.07, 6.45) is 3.16. The number of benzene rings is 11. The standard InChI is InChI=1S/C74H58BN3O/c1-5-6-20-51-31-32-54(50-25-14-9-15-26-50)43-68(51)78-69-46-56(76-64-29-18-16-27-58(64)60-41-52(33-39-66(60)76)48-21-10-7-11-22-48)35-37-62(69)75-63-38-36-57(47-71(63)79-72-45-55(74(2,3)4)44-70(78)73(72)75)77-65-30-19-17-28-59(65)61-42-53(34-40-67(61)77)49-23-12-8-13-24-49/h7-19,21-47H,5-6,20H2,1-4H3. The van der Waals surface area contributed by atoms with E-state index >= 15 is 0 Å². The quantitative estimate of drug-likeness (QED) is 0.134. The molecule has 2 aromatic heterocycles. The average molecular weight is 1020 g/mol. The number of nitrogens with zero attached hydrogens (tertiary/aromatic N) is 3. The van der Waals surface area contributed by atoms with Gasteiger partial charge >= 0.3 is 0 Å². The number of hydrogen-bond acceptors (Lipinski definition) is 2. The first-order valence-electron chi connectivity index (χ1n) is 28.1. The van der Waals surface area contributed by atoms with Gasteiger partial charge in [-0.2, -0.15) is 0 Å². The Balaban J connectivity index is 0.977. The van der Waals surface area contributed by atoms with Crippen molar-refractivity contribution in [2.45, 2.75) is 52.4 Å². The molecule has 0 spiro atoms. The fourth-order valence-corrected chi connectivity index (χ4v) is 13.0. The molecule has 15 rings (SSSR count). The first-order chi connectivity index (χ1) is 38.8. The average Bonchev–Trinajstić information content (AvgIpc) is 3.81. The predicted octanol–water partition coefficient (Wildman–Crippen LogP) is 17.9. The Morgan fingerprint density at radius 2 is 0.899 bits per heavy atom. The number of fused-ring (bicyclic) bond motifs is 10. The summed E-state index contributed by atoms with van der Waals surface area (Å²) in [6.45, 7) is 9.17. The highest BCUT2D eigenvalue weighted by Crippen LogP contribution is 2.47. The van der Waals surface area contributed by atoms with Crippen molar-refractivity contribution in [3.8, 4) is 56.3 Å². The van der Waals surface area contributed by atoms with E-state index in [2.05, 4.69) is 284 Å². The van der Waals surface area contributed by atoms with Crippen LogP contribution >= 0.6 is 0 Å². The van der Waals surface area contributed by atoms with E-state index in [1.54, 1.807) is 0 Å². The van der Waals surface area contributed by atoms with Gasteiger partial charge in [-0.25, -0.2) is 0 Å². The third-order valence-electron chi connectivity index (χ3n) is 16.9. The second kappa shape index (κ2) is 18.4. The number of anilines is 3. The van der Waals surface area contributed by atoms with E-state index < -0.39 is 0 Å². The summed E-state index contributed by atoms with van der Waals surface area (Å²) in [5.41, 5.74) is 23.7. The maximum Gasteiger partial charge on any atom is 0.256 e. The smallest absolute Gasteiger partial charge is 0.256 e. The molecule has 2 aliphatic rings. The van der Waals surface area contributed by atoms with Crippen LogP contribution in [0, 0.1) is 0 Å². The minimum Gasteiger partial charge on any atom is -0.458 e. The second-order valence-electron chi connectivity index (χ2n) is 22.7. The van der Waals surface area contributed by atoms with Crippen LogP contribution in [0.5, 0.6) is 11.5 Å². The van der Waals surface area contributed by atoms with E-state index in [0.29, 0.717) is 0 Å². The van der Waals surface area contributed by atoms with Gasteiger partial charge in [0.05, 0.1) is 22.1 Å². The SMILES string of the molecule is CCCCc1ccc(-c2ccccc2)cc1N1c2cc(-n3c4ccccc4c4cc(-c5ccccc5)ccc43)ccc2B2c3ccc(-n4c5ccccc5c5cc(-c6ccccc6)ccc54)cc3Oc3cc(C(C)(C)C)cc1c32. The van der Waals surface area contributed by atoms with E-state index in [0.717, 1.165) is 47.6 Å². The zero-order valence-corrected chi connectivity index (χ0v) is 45.0. The number of para-hydroxylation sites is 2. The van der Waals surface area contributed by atoms with Crippen LogP contribution < -0.4 is 26.0 Å². The summed E-state index contributed by atoms with van der Waals surface area (Å²) >= 11 is 0. The zero-order valence-electron chi connectivity index (χ0n) is 45.0. The van der Waals surface area contributed by atoms with E-state index in [4.69, 9.17) is 4.74 Å². The number of aryl methyl sites for hydroxylation is 1. The van der Waals surface area contributed by atoms with Gasteiger partial charge in [-0.3, -0.25) is 0 Å². The largest absolute Gasteiger partial charge is 0.458 e. The first-order valence-corrected chi connectivity index (χ1v) is 28.1. The van der Waals surface area contributed by atoms with Crippen molar-refractivity contribution in [2.24, 2.45) is 0 Å². The lowest BCUT2D eigenvalue weighted by Crippen LogP contribution is -2.59. The monoisotopic (exact) mass is 1020 g/mol. The van der Waals surface area contributed by atoms with Gasteiger partial charge in [-0.1, -0.05) is 198 Å². The van der Waals surface area contributed by atoms with E-state index in [-0.39, 0.29) is 12.1 Å². The maximum atomic E-state index is 7.46. The van der Waals surface area contributed by atoms with E-state index in [1.165, 1.54) is 116 Å². The molecule has 0 amide bonds. The van der Waals surface area contributed by atoms with Gasteiger partial charge < -0.3 is 18.8 Å². The molecule has 0 fully saturated rings. The molecule has 5 heteroatoms. The molecule has 2 aliphatic heterocycles. The van der Waals surface area contributed by atoms with Gasteiger partial charge in [0.2, 0.25) is 0 Å². The van der Waals surface area contributed by atoms with Crippen molar-refractivity contribution in [3.63, 3.8) is 0 Å². The summed E-state index contributed by atoms with van der Waals surface area (Å²) in [6, 6.07) is 90.2. The molecule has 11 aromatic carbocycles. The Morgan fingerprint density at radius 3 is 1.47 bits per heavy atom. The second-order valence-corrected chi connectivity index (χ2v) is 22.7. The van der Waals surface area contributed by atoms with Crippen LogP contribution in [-0.4, -0.2) is 15.8 Å². The normalized spacial score (nSPS) is 12.8. The van der Waals surface area contributed by atoms with Crippen LogP contribution in [0.2, 0.25) is 0 Å². The molecule has 0 radical (unpaired) electrons. The van der Waals surface area contributed by atoms with Crippen LogP contribution in [-0.2, 0) is 11.8 Å². The molecule has 4 heterocycles. The van der Waals surface area contributed by atoms with Crippen LogP contribution in [0.15, 0.2) is 243 Å².